The third-order valence-corrected chi connectivity index (χ3v) is 5.52. The number of aromatic hydroxyl groups is 1. The second kappa shape index (κ2) is 7.78. The first-order chi connectivity index (χ1) is 9.70. The van der Waals surface area contributed by atoms with Crippen LogP contribution in [0.15, 0.2) is 24.3 Å². The van der Waals surface area contributed by atoms with E-state index >= 15 is 0 Å². The zero-order chi connectivity index (χ0) is 14.4. The number of carbonyl (C=O) groups excluding carboxylic acids is 1. The number of nitrogens with zero attached hydrogens (tertiary/aromatic N) is 1. The van der Waals surface area contributed by atoms with Crippen molar-refractivity contribution in [3.63, 3.8) is 0 Å². The van der Waals surface area contributed by atoms with Crippen molar-refractivity contribution >= 4 is 27.5 Å². The number of phenolic OH excluding ortho intramolecular Hbond substituents is 1. The molecule has 110 valence electrons. The van der Waals surface area contributed by atoms with Crippen LogP contribution in [0.4, 0.5) is 0 Å². The van der Waals surface area contributed by atoms with Gasteiger partial charge in [-0.2, -0.15) is 0 Å². The van der Waals surface area contributed by atoms with Gasteiger partial charge in [-0.1, -0.05) is 33.7 Å². The number of carbonyl (C=O) groups is 1. The highest BCUT2D eigenvalue weighted by Gasteiger charge is 2.24. The summed E-state index contributed by atoms with van der Waals surface area (Å²) in [6.07, 6.45) is 0.520. The fourth-order valence-corrected chi connectivity index (χ4v) is 4.03. The molecule has 1 heterocycles. The van der Waals surface area contributed by atoms with E-state index in [1.165, 1.54) is 0 Å². The third kappa shape index (κ3) is 4.31. The van der Waals surface area contributed by atoms with Gasteiger partial charge in [0, 0.05) is 24.6 Å². The fourth-order valence-electron chi connectivity index (χ4n) is 2.05. The molecule has 1 saturated heterocycles. The summed E-state index contributed by atoms with van der Waals surface area (Å²) in [6, 6.07) is 6.43. The first-order valence-corrected chi connectivity index (χ1v) is 8.97. The van der Waals surface area contributed by atoms with Crippen molar-refractivity contribution in [3.05, 3.63) is 29.8 Å². The number of rotatable bonds is 4. The first kappa shape index (κ1) is 15.5. The zero-order valence-electron chi connectivity index (χ0n) is 11.1. The van der Waals surface area contributed by atoms with Crippen LogP contribution >= 0.6 is 21.6 Å². The van der Waals surface area contributed by atoms with E-state index in [4.69, 9.17) is 5.84 Å². The van der Waals surface area contributed by atoms with E-state index in [1.54, 1.807) is 45.9 Å². The van der Waals surface area contributed by atoms with Gasteiger partial charge in [-0.05, 0) is 24.1 Å². The van der Waals surface area contributed by atoms with Crippen molar-refractivity contribution < 1.29 is 9.90 Å². The molecule has 0 radical (unpaired) electrons. The minimum atomic E-state index is -0.423. The summed E-state index contributed by atoms with van der Waals surface area (Å²) in [4.78, 5) is 14.3. The molecule has 1 amide bonds. The first-order valence-electron chi connectivity index (χ1n) is 6.48. The van der Waals surface area contributed by atoms with Crippen molar-refractivity contribution in [2.45, 2.75) is 12.5 Å². The topological polar surface area (TPSA) is 78.6 Å². The maximum absolute atomic E-state index is 12.5. The maximum Gasteiger partial charge on any atom is 0.241 e. The van der Waals surface area contributed by atoms with Crippen molar-refractivity contribution in [2.75, 3.05) is 24.6 Å². The Hall–Kier alpha value is -0.890. The number of hydrazine groups is 1. The van der Waals surface area contributed by atoms with Crippen LogP contribution in [0.3, 0.4) is 0 Å². The van der Waals surface area contributed by atoms with Gasteiger partial charge in [-0.25, -0.2) is 5.43 Å². The van der Waals surface area contributed by atoms with Crippen molar-refractivity contribution in [1.29, 1.82) is 0 Å². The highest BCUT2D eigenvalue weighted by atomic mass is 33.1. The molecule has 0 spiro atoms. The highest BCUT2D eigenvalue weighted by Crippen LogP contribution is 2.24. The molecule has 5 nitrogen and oxygen atoms in total. The molecule has 7 heteroatoms. The summed E-state index contributed by atoms with van der Waals surface area (Å²) in [7, 11) is 3.61. The molecule has 1 aliphatic rings. The van der Waals surface area contributed by atoms with Crippen LogP contribution < -0.4 is 11.3 Å². The van der Waals surface area contributed by atoms with Gasteiger partial charge in [-0.15, -0.1) is 0 Å². The lowest BCUT2D eigenvalue weighted by Crippen LogP contribution is -2.51. The Morgan fingerprint density at radius 1 is 1.30 bits per heavy atom. The van der Waals surface area contributed by atoms with Crippen LogP contribution in [0.25, 0.3) is 0 Å². The number of amides is 1. The smallest absolute Gasteiger partial charge is 0.241 e. The molecule has 20 heavy (non-hydrogen) atoms. The average Bonchev–Trinajstić information content (AvgIpc) is 2.75. The molecule has 1 aromatic carbocycles. The average molecular weight is 313 g/mol. The van der Waals surface area contributed by atoms with E-state index in [9.17, 15) is 9.90 Å². The van der Waals surface area contributed by atoms with Gasteiger partial charge in [0.25, 0.3) is 0 Å². The quantitative estimate of drug-likeness (QED) is 0.437. The minimum absolute atomic E-state index is 0.0451. The van der Waals surface area contributed by atoms with Gasteiger partial charge in [-0.3, -0.25) is 10.6 Å². The molecular formula is C13H19N3O2S2. The number of benzene rings is 1. The van der Waals surface area contributed by atoms with Crippen LogP contribution in [0.5, 0.6) is 5.75 Å². The van der Waals surface area contributed by atoms with Crippen LogP contribution in [0, 0.1) is 0 Å². The van der Waals surface area contributed by atoms with Gasteiger partial charge < -0.3 is 10.0 Å². The van der Waals surface area contributed by atoms with E-state index in [0.717, 1.165) is 30.2 Å². The Balaban J connectivity index is 1.99. The SMILES string of the molecule is NN[C@@H](Cc1ccc(O)cc1)C(=O)N1CCSSCC1. The van der Waals surface area contributed by atoms with Crippen LogP contribution in [0.2, 0.25) is 0 Å². The third-order valence-electron chi connectivity index (χ3n) is 3.16. The van der Waals surface area contributed by atoms with Crippen LogP contribution in [-0.4, -0.2) is 46.6 Å². The number of hydrogen-bond donors (Lipinski definition) is 3. The fraction of sp³-hybridized carbons (Fsp3) is 0.462. The second-order valence-corrected chi connectivity index (χ2v) is 7.26. The van der Waals surface area contributed by atoms with Gasteiger partial charge in [0.2, 0.25) is 5.91 Å². The van der Waals surface area contributed by atoms with Gasteiger partial charge in [0.15, 0.2) is 0 Å². The minimum Gasteiger partial charge on any atom is -0.508 e. The summed E-state index contributed by atoms with van der Waals surface area (Å²) in [5, 5.41) is 9.27. The number of nitrogens with two attached hydrogens (primary N) is 1. The Bertz CT molecular complexity index is 434. The Kier molecular flexibility index (Phi) is 6.03. The summed E-state index contributed by atoms with van der Waals surface area (Å²) >= 11 is 0. The molecule has 0 aliphatic carbocycles. The van der Waals surface area contributed by atoms with Crippen LogP contribution in [-0.2, 0) is 11.2 Å². The lowest BCUT2D eigenvalue weighted by Gasteiger charge is -2.25. The number of nitrogens with one attached hydrogen (secondary N) is 1. The second-order valence-electron chi connectivity index (χ2n) is 4.56. The highest BCUT2D eigenvalue weighted by molar-refractivity contribution is 8.76. The lowest BCUT2D eigenvalue weighted by molar-refractivity contribution is -0.132. The van der Waals surface area contributed by atoms with E-state index in [2.05, 4.69) is 5.43 Å². The Morgan fingerprint density at radius 2 is 1.90 bits per heavy atom. The van der Waals surface area contributed by atoms with Gasteiger partial charge in [0.1, 0.15) is 11.8 Å². The van der Waals surface area contributed by atoms with Gasteiger partial charge >= 0.3 is 0 Å². The van der Waals surface area contributed by atoms with Crippen molar-refractivity contribution in [3.8, 4) is 5.75 Å². The van der Waals surface area contributed by atoms with Crippen molar-refractivity contribution in [1.82, 2.24) is 10.3 Å². The molecule has 0 bridgehead atoms. The monoisotopic (exact) mass is 313 g/mol. The van der Waals surface area contributed by atoms with E-state index in [-0.39, 0.29) is 11.7 Å². The Labute approximate surface area is 126 Å². The molecule has 0 unspecified atom stereocenters. The normalized spacial score (nSPS) is 17.6. The summed E-state index contributed by atoms with van der Waals surface area (Å²) in [6.45, 7) is 1.54. The molecule has 1 fully saturated rings. The Morgan fingerprint density at radius 3 is 2.45 bits per heavy atom. The molecule has 1 atom stereocenters. The molecule has 0 aromatic heterocycles. The molecule has 1 aliphatic heterocycles. The summed E-state index contributed by atoms with van der Waals surface area (Å²) in [5.74, 6) is 7.71. The van der Waals surface area contributed by atoms with E-state index in [1.807, 2.05) is 4.90 Å². The van der Waals surface area contributed by atoms with Crippen LogP contribution in [0.1, 0.15) is 5.56 Å². The molecule has 1 aromatic rings. The summed E-state index contributed by atoms with van der Waals surface area (Å²) < 4.78 is 0. The molecule has 4 N–H and O–H groups in total. The van der Waals surface area contributed by atoms with Crippen molar-refractivity contribution in [2.24, 2.45) is 5.84 Å². The predicted molar refractivity (Wildman–Crippen MR) is 84.4 cm³/mol. The number of hydrogen-bond acceptors (Lipinski definition) is 6. The predicted octanol–water partition coefficient (Wildman–Crippen LogP) is 0.990. The zero-order valence-corrected chi connectivity index (χ0v) is 12.8. The largest absolute Gasteiger partial charge is 0.508 e. The molecule has 2 rings (SSSR count). The molecular weight excluding hydrogens is 294 g/mol. The molecule has 0 saturated carbocycles. The van der Waals surface area contributed by atoms with E-state index < -0.39 is 6.04 Å². The lowest BCUT2D eigenvalue weighted by atomic mass is 10.1. The van der Waals surface area contributed by atoms with E-state index in [0.29, 0.717) is 6.42 Å². The standard InChI is InChI=1S/C13H19N3O2S2/c14-15-12(9-10-1-3-11(17)4-2-10)13(18)16-5-7-19-20-8-6-16/h1-4,12,15,17H,5-9,14H2/t12-/m0/s1. The maximum atomic E-state index is 12.5. The van der Waals surface area contributed by atoms with Gasteiger partial charge in [0.05, 0.1) is 0 Å². The summed E-state index contributed by atoms with van der Waals surface area (Å²) in [5.41, 5.74) is 3.59. The number of phenols is 1.